The minimum atomic E-state index is -0.203. The smallest absolute Gasteiger partial charge is 0.271 e. The second kappa shape index (κ2) is 7.78. The number of hydrogen-bond acceptors (Lipinski definition) is 4. The minimum Gasteiger partial charge on any atom is -0.395 e. The first-order valence-corrected chi connectivity index (χ1v) is 6.79. The van der Waals surface area contributed by atoms with Crippen molar-refractivity contribution in [2.45, 2.75) is 33.1 Å². The van der Waals surface area contributed by atoms with Gasteiger partial charge < -0.3 is 15.8 Å². The van der Waals surface area contributed by atoms with E-state index in [0.29, 0.717) is 31.0 Å². The van der Waals surface area contributed by atoms with Gasteiger partial charge in [-0.3, -0.25) is 9.48 Å². The van der Waals surface area contributed by atoms with Crippen molar-refractivity contribution in [3.05, 3.63) is 11.4 Å². The molecule has 6 heteroatoms. The summed E-state index contributed by atoms with van der Waals surface area (Å²) in [5, 5.41) is 7.01. The first-order chi connectivity index (χ1) is 9.11. The van der Waals surface area contributed by atoms with E-state index in [4.69, 9.17) is 10.5 Å². The summed E-state index contributed by atoms with van der Waals surface area (Å²) < 4.78 is 6.91. The second-order valence-electron chi connectivity index (χ2n) is 4.41. The Morgan fingerprint density at radius 2 is 2.16 bits per heavy atom. The predicted octanol–water partition coefficient (Wildman–Crippen LogP) is 1.11. The maximum atomic E-state index is 12.0. The van der Waals surface area contributed by atoms with E-state index in [1.807, 2.05) is 6.92 Å². The Labute approximate surface area is 114 Å². The van der Waals surface area contributed by atoms with Crippen LogP contribution in [0.1, 0.15) is 42.9 Å². The highest BCUT2D eigenvalue weighted by atomic mass is 16.5. The predicted molar refractivity (Wildman–Crippen MR) is 75.1 cm³/mol. The van der Waals surface area contributed by atoms with Gasteiger partial charge in [0.2, 0.25) is 0 Å². The summed E-state index contributed by atoms with van der Waals surface area (Å²) >= 11 is 0. The van der Waals surface area contributed by atoms with Crippen molar-refractivity contribution >= 4 is 11.6 Å². The lowest BCUT2D eigenvalue weighted by Gasteiger charge is -2.07. The van der Waals surface area contributed by atoms with Crippen LogP contribution < -0.4 is 11.1 Å². The first kappa shape index (κ1) is 15.5. The lowest BCUT2D eigenvalue weighted by molar-refractivity contribution is 0.0904. The van der Waals surface area contributed by atoms with Crippen molar-refractivity contribution in [1.29, 1.82) is 0 Å². The van der Waals surface area contributed by atoms with Crippen molar-refractivity contribution in [2.75, 3.05) is 25.5 Å². The molecular weight excluding hydrogens is 244 g/mol. The van der Waals surface area contributed by atoms with Crippen molar-refractivity contribution in [2.24, 2.45) is 7.05 Å². The molecule has 1 amide bonds. The zero-order valence-corrected chi connectivity index (χ0v) is 12.0. The topological polar surface area (TPSA) is 82.2 Å². The molecule has 1 aromatic rings. The van der Waals surface area contributed by atoms with E-state index in [1.165, 1.54) is 4.68 Å². The number of nitrogens with one attached hydrogen (secondary N) is 1. The number of anilines is 1. The molecule has 0 fully saturated rings. The summed E-state index contributed by atoms with van der Waals surface area (Å²) in [4.78, 5) is 12.0. The number of carbonyl (C=O) groups is 1. The Morgan fingerprint density at radius 3 is 2.74 bits per heavy atom. The minimum absolute atomic E-state index is 0.203. The van der Waals surface area contributed by atoms with Crippen LogP contribution in [-0.2, 0) is 18.2 Å². The molecule has 3 N–H and O–H groups in total. The van der Waals surface area contributed by atoms with Gasteiger partial charge in [0, 0.05) is 20.2 Å². The maximum Gasteiger partial charge on any atom is 0.271 e. The number of nitrogens with zero attached hydrogens (tertiary/aromatic N) is 2. The summed E-state index contributed by atoms with van der Waals surface area (Å²) in [6, 6.07) is 0. The van der Waals surface area contributed by atoms with Crippen LogP contribution in [0, 0.1) is 0 Å². The fourth-order valence-electron chi connectivity index (χ4n) is 1.80. The van der Waals surface area contributed by atoms with E-state index in [-0.39, 0.29) is 5.91 Å². The highest BCUT2D eigenvalue weighted by molar-refractivity contribution is 5.97. The maximum absolute atomic E-state index is 12.0. The van der Waals surface area contributed by atoms with Crippen LogP contribution in [0.3, 0.4) is 0 Å². The van der Waals surface area contributed by atoms with Crippen LogP contribution in [0.5, 0.6) is 0 Å². The number of nitrogens with two attached hydrogens (primary N) is 1. The summed E-state index contributed by atoms with van der Waals surface area (Å²) in [5.74, 6) is -0.203. The van der Waals surface area contributed by atoms with Gasteiger partial charge >= 0.3 is 0 Å². The average molecular weight is 268 g/mol. The molecule has 0 saturated carbocycles. The molecule has 108 valence electrons. The number of ether oxygens (including phenoxy) is 1. The van der Waals surface area contributed by atoms with Gasteiger partial charge in [0.15, 0.2) is 0 Å². The number of nitrogen functional groups attached to an aromatic ring is 1. The summed E-state index contributed by atoms with van der Waals surface area (Å²) in [7, 11) is 1.72. The van der Waals surface area contributed by atoms with Gasteiger partial charge in [0.05, 0.1) is 18.0 Å². The van der Waals surface area contributed by atoms with Gasteiger partial charge in [-0.05, 0) is 12.8 Å². The average Bonchev–Trinajstić information content (AvgIpc) is 2.68. The van der Waals surface area contributed by atoms with E-state index in [9.17, 15) is 4.79 Å². The third-order valence-electron chi connectivity index (χ3n) is 2.88. The Balaban J connectivity index is 2.43. The van der Waals surface area contributed by atoms with Gasteiger partial charge in [0.1, 0.15) is 5.69 Å². The standard InChI is InChI=1S/C13H24N4O2/c1-4-6-8-19-9-7-15-13(18)12-11(14)10(5-2)16-17(12)3/h4-9,14H2,1-3H3,(H,15,18). The zero-order chi connectivity index (χ0) is 14.3. The molecule has 0 aromatic carbocycles. The normalized spacial score (nSPS) is 10.7. The highest BCUT2D eigenvalue weighted by Crippen LogP contribution is 2.16. The number of carbonyl (C=O) groups excluding carboxylic acids is 1. The molecule has 0 unspecified atom stereocenters. The van der Waals surface area contributed by atoms with Crippen LogP contribution in [0.25, 0.3) is 0 Å². The van der Waals surface area contributed by atoms with Crippen LogP contribution in [0.4, 0.5) is 5.69 Å². The molecule has 0 bridgehead atoms. The molecule has 1 heterocycles. The monoisotopic (exact) mass is 268 g/mol. The fraction of sp³-hybridized carbons (Fsp3) is 0.692. The molecule has 0 spiro atoms. The number of aromatic nitrogens is 2. The quantitative estimate of drug-likeness (QED) is 0.692. The van der Waals surface area contributed by atoms with E-state index < -0.39 is 0 Å². The molecule has 0 radical (unpaired) electrons. The molecule has 0 saturated heterocycles. The van der Waals surface area contributed by atoms with E-state index >= 15 is 0 Å². The molecule has 1 rings (SSSR count). The molecule has 0 aliphatic heterocycles. The lowest BCUT2D eigenvalue weighted by Crippen LogP contribution is -2.29. The zero-order valence-electron chi connectivity index (χ0n) is 12.0. The van der Waals surface area contributed by atoms with Gasteiger partial charge in [-0.25, -0.2) is 0 Å². The molecule has 19 heavy (non-hydrogen) atoms. The lowest BCUT2D eigenvalue weighted by atomic mass is 10.2. The Hall–Kier alpha value is -1.56. The number of unbranched alkanes of at least 4 members (excludes halogenated alkanes) is 1. The highest BCUT2D eigenvalue weighted by Gasteiger charge is 2.18. The van der Waals surface area contributed by atoms with Gasteiger partial charge in [-0.2, -0.15) is 5.10 Å². The fourth-order valence-corrected chi connectivity index (χ4v) is 1.80. The SMILES string of the molecule is CCCCOCCNC(=O)c1c(N)c(CC)nn1C. The van der Waals surface area contributed by atoms with Gasteiger partial charge in [-0.15, -0.1) is 0 Å². The number of hydrogen-bond donors (Lipinski definition) is 2. The molecular formula is C13H24N4O2. The Morgan fingerprint density at radius 1 is 1.42 bits per heavy atom. The van der Waals surface area contributed by atoms with Crippen molar-refractivity contribution in [1.82, 2.24) is 15.1 Å². The van der Waals surface area contributed by atoms with Crippen LogP contribution in [-0.4, -0.2) is 35.4 Å². The van der Waals surface area contributed by atoms with Gasteiger partial charge in [-0.1, -0.05) is 20.3 Å². The van der Waals surface area contributed by atoms with E-state index in [0.717, 1.165) is 25.1 Å². The summed E-state index contributed by atoms with van der Waals surface area (Å²) in [6.45, 7) is 5.81. The van der Waals surface area contributed by atoms with E-state index in [1.54, 1.807) is 7.05 Å². The summed E-state index contributed by atoms with van der Waals surface area (Å²) in [5.41, 5.74) is 7.56. The number of aryl methyl sites for hydroxylation is 2. The van der Waals surface area contributed by atoms with Crippen molar-refractivity contribution in [3.8, 4) is 0 Å². The van der Waals surface area contributed by atoms with E-state index in [2.05, 4.69) is 17.3 Å². The van der Waals surface area contributed by atoms with Crippen molar-refractivity contribution < 1.29 is 9.53 Å². The molecule has 6 nitrogen and oxygen atoms in total. The number of rotatable bonds is 8. The van der Waals surface area contributed by atoms with Crippen molar-refractivity contribution in [3.63, 3.8) is 0 Å². The molecule has 1 aromatic heterocycles. The summed E-state index contributed by atoms with van der Waals surface area (Å²) in [6.07, 6.45) is 2.87. The third kappa shape index (κ3) is 4.24. The molecule has 0 atom stereocenters. The Bertz CT molecular complexity index is 415. The molecule has 0 aliphatic rings. The van der Waals surface area contributed by atoms with Crippen LogP contribution >= 0.6 is 0 Å². The number of amides is 1. The second-order valence-corrected chi connectivity index (χ2v) is 4.41. The van der Waals surface area contributed by atoms with Gasteiger partial charge in [0.25, 0.3) is 5.91 Å². The Kier molecular flexibility index (Phi) is 6.35. The third-order valence-corrected chi connectivity index (χ3v) is 2.88. The van der Waals surface area contributed by atoms with Crippen LogP contribution in [0.15, 0.2) is 0 Å². The first-order valence-electron chi connectivity index (χ1n) is 6.79. The van der Waals surface area contributed by atoms with Crippen LogP contribution in [0.2, 0.25) is 0 Å². The molecule has 0 aliphatic carbocycles. The largest absolute Gasteiger partial charge is 0.395 e.